The van der Waals surface area contributed by atoms with E-state index in [9.17, 15) is 4.79 Å². The first-order valence-electron chi connectivity index (χ1n) is 8.89. The number of anilines is 1. The molecule has 1 aromatic rings. The van der Waals surface area contributed by atoms with Crippen LogP contribution in [0.25, 0.3) is 0 Å². The minimum absolute atomic E-state index is 0.0459. The topological polar surface area (TPSA) is 67.8 Å². The number of carbonyl (C=O) groups is 1. The molecule has 0 spiro atoms. The standard InChI is InChI=1S/C17H22N4O3/c22-17(20-3-5-23-6-4-20)13-7-18-8-16(19-13)21-9-11-12(10-21)15-2-1-14(11)24-15/h7-8,11-12,14-15H,1-6,9-10H2/t11-,12+,14+,15-. The Balaban J connectivity index is 1.33. The highest BCUT2D eigenvalue weighted by atomic mass is 16.5. The summed E-state index contributed by atoms with van der Waals surface area (Å²) in [7, 11) is 0. The molecule has 4 aliphatic heterocycles. The molecule has 0 aliphatic carbocycles. The molecule has 4 aliphatic rings. The van der Waals surface area contributed by atoms with Crippen molar-refractivity contribution in [1.82, 2.24) is 14.9 Å². The van der Waals surface area contributed by atoms with Gasteiger partial charge in [-0.05, 0) is 12.8 Å². The number of carbonyl (C=O) groups excluding carboxylic acids is 1. The van der Waals surface area contributed by atoms with Crippen molar-refractivity contribution in [2.75, 3.05) is 44.3 Å². The zero-order valence-electron chi connectivity index (χ0n) is 13.6. The highest BCUT2D eigenvalue weighted by Crippen LogP contribution is 2.47. The van der Waals surface area contributed by atoms with Crippen LogP contribution < -0.4 is 4.90 Å². The molecule has 1 aromatic heterocycles. The van der Waals surface area contributed by atoms with Gasteiger partial charge in [-0.1, -0.05) is 0 Å². The maximum atomic E-state index is 12.6. The lowest BCUT2D eigenvalue weighted by atomic mass is 9.82. The lowest BCUT2D eigenvalue weighted by molar-refractivity contribution is 0.0298. The predicted octanol–water partition coefficient (Wildman–Crippen LogP) is 0.563. The van der Waals surface area contributed by atoms with Crippen LogP contribution >= 0.6 is 0 Å². The number of ether oxygens (including phenoxy) is 2. The zero-order valence-corrected chi connectivity index (χ0v) is 13.6. The van der Waals surface area contributed by atoms with E-state index >= 15 is 0 Å². The van der Waals surface area contributed by atoms with Crippen LogP contribution in [-0.4, -0.2) is 72.4 Å². The van der Waals surface area contributed by atoms with E-state index in [0.717, 1.165) is 18.9 Å². The number of amides is 1. The Bertz CT molecular complexity index is 630. The number of hydrogen-bond donors (Lipinski definition) is 0. The summed E-state index contributed by atoms with van der Waals surface area (Å²) in [5.74, 6) is 2.01. The SMILES string of the molecule is O=C(c1cncc(N2C[C@@H]3[C@H](C2)[C@H]2CC[C@@H]3O2)n1)N1CCOCC1. The molecule has 4 atom stereocenters. The van der Waals surface area contributed by atoms with Gasteiger partial charge < -0.3 is 19.3 Å². The van der Waals surface area contributed by atoms with Crippen molar-refractivity contribution < 1.29 is 14.3 Å². The quantitative estimate of drug-likeness (QED) is 0.789. The van der Waals surface area contributed by atoms with Crippen molar-refractivity contribution in [3.05, 3.63) is 18.1 Å². The monoisotopic (exact) mass is 330 g/mol. The van der Waals surface area contributed by atoms with Crippen molar-refractivity contribution in [2.24, 2.45) is 11.8 Å². The van der Waals surface area contributed by atoms with Crippen molar-refractivity contribution in [3.8, 4) is 0 Å². The molecule has 5 rings (SSSR count). The Morgan fingerprint density at radius 1 is 1.08 bits per heavy atom. The first-order valence-corrected chi connectivity index (χ1v) is 8.89. The average molecular weight is 330 g/mol. The van der Waals surface area contributed by atoms with E-state index in [-0.39, 0.29) is 5.91 Å². The molecule has 0 aromatic carbocycles. The smallest absolute Gasteiger partial charge is 0.274 e. The molecular formula is C17H22N4O3. The first kappa shape index (κ1) is 14.6. The third-order valence-corrected chi connectivity index (χ3v) is 5.92. The van der Waals surface area contributed by atoms with E-state index in [1.807, 2.05) is 0 Å². The van der Waals surface area contributed by atoms with Gasteiger partial charge in [-0.3, -0.25) is 9.78 Å². The number of hydrogen-bond acceptors (Lipinski definition) is 6. The predicted molar refractivity (Wildman–Crippen MR) is 85.8 cm³/mol. The van der Waals surface area contributed by atoms with E-state index in [1.54, 1.807) is 17.3 Å². The maximum absolute atomic E-state index is 12.6. The van der Waals surface area contributed by atoms with Gasteiger partial charge in [-0.25, -0.2) is 4.98 Å². The Morgan fingerprint density at radius 2 is 1.79 bits per heavy atom. The van der Waals surface area contributed by atoms with Gasteiger partial charge in [0.1, 0.15) is 11.5 Å². The number of fused-ring (bicyclic) bond motifs is 5. The molecule has 0 saturated carbocycles. The largest absolute Gasteiger partial charge is 0.378 e. The highest BCUT2D eigenvalue weighted by Gasteiger charge is 2.53. The highest BCUT2D eigenvalue weighted by molar-refractivity contribution is 5.92. The van der Waals surface area contributed by atoms with Crippen molar-refractivity contribution in [2.45, 2.75) is 25.0 Å². The Labute approximate surface area is 140 Å². The van der Waals surface area contributed by atoms with E-state index in [4.69, 9.17) is 9.47 Å². The number of rotatable bonds is 2. The Kier molecular flexibility index (Phi) is 3.45. The third kappa shape index (κ3) is 2.29. The zero-order chi connectivity index (χ0) is 16.1. The van der Waals surface area contributed by atoms with Crippen LogP contribution in [0.1, 0.15) is 23.3 Å². The normalized spacial score (nSPS) is 34.7. The molecule has 128 valence electrons. The van der Waals surface area contributed by atoms with Gasteiger partial charge in [-0.15, -0.1) is 0 Å². The van der Waals surface area contributed by atoms with Gasteiger partial charge in [0.05, 0.1) is 37.8 Å². The molecule has 1 amide bonds. The van der Waals surface area contributed by atoms with Gasteiger partial charge in [0.25, 0.3) is 5.91 Å². The molecule has 7 heteroatoms. The lowest BCUT2D eigenvalue weighted by Gasteiger charge is -2.26. The van der Waals surface area contributed by atoms with Gasteiger partial charge in [-0.2, -0.15) is 0 Å². The van der Waals surface area contributed by atoms with Crippen LogP contribution in [-0.2, 0) is 9.47 Å². The Morgan fingerprint density at radius 3 is 2.50 bits per heavy atom. The van der Waals surface area contributed by atoms with Crippen LogP contribution in [0.15, 0.2) is 12.4 Å². The average Bonchev–Trinajstić information content (AvgIpc) is 3.35. The molecule has 0 unspecified atom stereocenters. The molecule has 0 N–H and O–H groups in total. The minimum Gasteiger partial charge on any atom is -0.378 e. The van der Waals surface area contributed by atoms with Gasteiger partial charge in [0, 0.05) is 38.0 Å². The summed E-state index contributed by atoms with van der Waals surface area (Å²) in [6.07, 6.45) is 6.60. The maximum Gasteiger partial charge on any atom is 0.274 e. The molecule has 24 heavy (non-hydrogen) atoms. The van der Waals surface area contributed by atoms with Gasteiger partial charge >= 0.3 is 0 Å². The molecule has 5 heterocycles. The molecule has 2 bridgehead atoms. The summed E-state index contributed by atoms with van der Waals surface area (Å²) in [6.45, 7) is 4.37. The molecule has 4 saturated heterocycles. The van der Waals surface area contributed by atoms with Crippen molar-refractivity contribution in [1.29, 1.82) is 0 Å². The van der Waals surface area contributed by atoms with E-state index in [2.05, 4.69) is 14.9 Å². The second-order valence-electron chi connectivity index (χ2n) is 7.19. The summed E-state index contributed by atoms with van der Waals surface area (Å²) in [5.41, 5.74) is 0.436. The van der Waals surface area contributed by atoms with Crippen LogP contribution in [0, 0.1) is 11.8 Å². The lowest BCUT2D eigenvalue weighted by Crippen LogP contribution is -2.41. The van der Waals surface area contributed by atoms with E-state index < -0.39 is 0 Å². The molecular weight excluding hydrogens is 308 g/mol. The molecule has 4 fully saturated rings. The van der Waals surface area contributed by atoms with Gasteiger partial charge in [0.15, 0.2) is 0 Å². The van der Waals surface area contributed by atoms with Crippen LogP contribution in [0.3, 0.4) is 0 Å². The van der Waals surface area contributed by atoms with Crippen LogP contribution in [0.2, 0.25) is 0 Å². The van der Waals surface area contributed by atoms with E-state index in [1.165, 1.54) is 12.8 Å². The van der Waals surface area contributed by atoms with Gasteiger partial charge in [0.2, 0.25) is 0 Å². The fraction of sp³-hybridized carbons (Fsp3) is 0.706. The summed E-state index contributed by atoms with van der Waals surface area (Å²) in [5, 5.41) is 0. The van der Waals surface area contributed by atoms with Crippen molar-refractivity contribution >= 4 is 11.7 Å². The number of morpholine rings is 1. The fourth-order valence-corrected chi connectivity index (χ4v) is 4.69. The molecule has 7 nitrogen and oxygen atoms in total. The minimum atomic E-state index is -0.0459. The first-order chi connectivity index (χ1) is 11.8. The summed E-state index contributed by atoms with van der Waals surface area (Å²) in [6, 6.07) is 0. The van der Waals surface area contributed by atoms with Crippen LogP contribution in [0.5, 0.6) is 0 Å². The van der Waals surface area contributed by atoms with Crippen LogP contribution in [0.4, 0.5) is 5.82 Å². The third-order valence-electron chi connectivity index (χ3n) is 5.92. The second-order valence-corrected chi connectivity index (χ2v) is 7.19. The summed E-state index contributed by atoms with van der Waals surface area (Å²) < 4.78 is 11.3. The second kappa shape index (κ2) is 5.67. The summed E-state index contributed by atoms with van der Waals surface area (Å²) in [4.78, 5) is 25.6. The van der Waals surface area contributed by atoms with E-state index in [0.29, 0.717) is 56.0 Å². The summed E-state index contributed by atoms with van der Waals surface area (Å²) >= 11 is 0. The molecule has 0 radical (unpaired) electrons. The number of nitrogens with zero attached hydrogens (tertiary/aromatic N) is 4. The number of aromatic nitrogens is 2. The Hall–Kier alpha value is -1.73. The fourth-order valence-electron chi connectivity index (χ4n) is 4.69. The van der Waals surface area contributed by atoms with Crippen molar-refractivity contribution in [3.63, 3.8) is 0 Å².